The van der Waals surface area contributed by atoms with E-state index in [4.69, 9.17) is 14.0 Å². The second kappa shape index (κ2) is 10.1. The molecule has 8 nitrogen and oxygen atoms in total. The van der Waals surface area contributed by atoms with Crippen molar-refractivity contribution in [3.8, 4) is 11.5 Å². The number of methoxy groups -OCH3 is 2. The average molecular weight is 442 g/mol. The molecule has 0 radical (unpaired) electrons. The lowest BCUT2D eigenvalue weighted by Gasteiger charge is -2.35. The van der Waals surface area contributed by atoms with E-state index in [1.165, 1.54) is 6.42 Å². The number of amides is 2. The van der Waals surface area contributed by atoms with E-state index in [2.05, 4.69) is 10.5 Å². The first kappa shape index (κ1) is 22.2. The molecular weight excluding hydrogens is 410 g/mol. The third-order valence-corrected chi connectivity index (χ3v) is 6.47. The molecule has 2 heterocycles. The molecule has 2 aromatic rings. The second-order valence-electron chi connectivity index (χ2n) is 8.63. The van der Waals surface area contributed by atoms with Crippen LogP contribution in [0.15, 0.2) is 28.8 Å². The van der Waals surface area contributed by atoms with Crippen LogP contribution in [0.4, 0.5) is 5.69 Å². The molecule has 0 spiro atoms. The summed E-state index contributed by atoms with van der Waals surface area (Å²) in [6.45, 7) is 1.44. The molecule has 2 fully saturated rings. The van der Waals surface area contributed by atoms with Crippen molar-refractivity contribution >= 4 is 17.5 Å². The van der Waals surface area contributed by atoms with Gasteiger partial charge in [0.15, 0.2) is 0 Å². The minimum atomic E-state index is -0.398. The summed E-state index contributed by atoms with van der Waals surface area (Å²) in [6, 6.07) is 6.82. The zero-order chi connectivity index (χ0) is 22.5. The highest BCUT2D eigenvalue weighted by Gasteiger charge is 2.31. The van der Waals surface area contributed by atoms with Crippen LogP contribution in [0.1, 0.15) is 67.1 Å². The van der Waals surface area contributed by atoms with Gasteiger partial charge >= 0.3 is 0 Å². The Labute approximate surface area is 188 Å². The number of hydrogen-bond donors (Lipinski definition) is 1. The Morgan fingerprint density at radius 1 is 1.00 bits per heavy atom. The molecule has 1 saturated heterocycles. The first-order chi connectivity index (χ1) is 15.6. The van der Waals surface area contributed by atoms with E-state index in [1.807, 2.05) is 4.90 Å². The number of nitrogens with one attached hydrogen (secondary N) is 1. The van der Waals surface area contributed by atoms with Gasteiger partial charge in [-0.1, -0.05) is 24.4 Å². The van der Waals surface area contributed by atoms with Gasteiger partial charge in [0, 0.05) is 54.9 Å². The monoisotopic (exact) mass is 441 g/mol. The maximum atomic E-state index is 12.9. The van der Waals surface area contributed by atoms with Gasteiger partial charge in [-0.25, -0.2) is 0 Å². The van der Waals surface area contributed by atoms with E-state index < -0.39 is 5.91 Å². The molecule has 2 aliphatic rings. The van der Waals surface area contributed by atoms with Crippen molar-refractivity contribution in [3.05, 3.63) is 35.7 Å². The zero-order valence-electron chi connectivity index (χ0n) is 18.8. The summed E-state index contributed by atoms with van der Waals surface area (Å²) in [5.74, 6) is 1.41. The van der Waals surface area contributed by atoms with Crippen molar-refractivity contribution in [2.45, 2.75) is 50.9 Å². The number of likely N-dealkylation sites (tertiary alicyclic amines) is 1. The summed E-state index contributed by atoms with van der Waals surface area (Å²) in [6.07, 6.45) is 7.39. The van der Waals surface area contributed by atoms with E-state index in [-0.39, 0.29) is 23.5 Å². The molecule has 32 heavy (non-hydrogen) atoms. The first-order valence-electron chi connectivity index (χ1n) is 11.4. The van der Waals surface area contributed by atoms with Crippen LogP contribution in [0.5, 0.6) is 11.5 Å². The largest absolute Gasteiger partial charge is 0.497 e. The Hall–Kier alpha value is -3.03. The minimum absolute atomic E-state index is 0.0819. The smallest absolute Gasteiger partial charge is 0.294 e. The van der Waals surface area contributed by atoms with Crippen molar-refractivity contribution in [1.82, 2.24) is 10.1 Å². The number of ether oxygens (including phenoxy) is 2. The van der Waals surface area contributed by atoms with Gasteiger partial charge in [0.05, 0.1) is 19.9 Å². The maximum Gasteiger partial charge on any atom is 0.294 e. The lowest BCUT2D eigenvalue weighted by atomic mass is 9.87. The normalized spacial score (nSPS) is 19.4. The molecule has 172 valence electrons. The molecule has 1 aromatic heterocycles. The molecule has 1 aromatic carbocycles. The Morgan fingerprint density at radius 2 is 1.72 bits per heavy atom. The van der Waals surface area contributed by atoms with Crippen LogP contribution in [0.2, 0.25) is 0 Å². The number of piperidine rings is 1. The van der Waals surface area contributed by atoms with E-state index in [9.17, 15) is 9.59 Å². The second-order valence-corrected chi connectivity index (χ2v) is 8.63. The molecule has 1 N–H and O–H groups in total. The van der Waals surface area contributed by atoms with Gasteiger partial charge in [-0.3, -0.25) is 9.59 Å². The third kappa shape index (κ3) is 5.06. The third-order valence-electron chi connectivity index (χ3n) is 6.47. The molecule has 0 unspecified atom stereocenters. The Balaban J connectivity index is 1.40. The maximum absolute atomic E-state index is 12.9. The van der Waals surface area contributed by atoms with Crippen LogP contribution in [0, 0.1) is 5.92 Å². The van der Waals surface area contributed by atoms with Gasteiger partial charge in [-0.2, -0.15) is 0 Å². The number of anilines is 1. The van der Waals surface area contributed by atoms with Gasteiger partial charge in [0.2, 0.25) is 11.7 Å². The fourth-order valence-corrected chi connectivity index (χ4v) is 4.69. The van der Waals surface area contributed by atoms with Crippen LogP contribution in [0.25, 0.3) is 0 Å². The Morgan fingerprint density at radius 3 is 2.41 bits per heavy atom. The molecule has 1 aliphatic heterocycles. The number of carbonyl (C=O) groups excluding carboxylic acids is 2. The summed E-state index contributed by atoms with van der Waals surface area (Å²) >= 11 is 0. The molecule has 1 saturated carbocycles. The van der Waals surface area contributed by atoms with E-state index in [0.29, 0.717) is 23.7 Å². The first-order valence-corrected chi connectivity index (χ1v) is 11.4. The molecule has 1 atom stereocenters. The summed E-state index contributed by atoms with van der Waals surface area (Å²) < 4.78 is 15.8. The van der Waals surface area contributed by atoms with E-state index >= 15 is 0 Å². The van der Waals surface area contributed by atoms with Gasteiger partial charge in [0.25, 0.3) is 5.91 Å². The number of carbonyl (C=O) groups is 2. The Kier molecular flexibility index (Phi) is 6.97. The molecule has 4 rings (SSSR count). The van der Waals surface area contributed by atoms with Crippen LogP contribution in [-0.2, 0) is 4.79 Å². The highest BCUT2D eigenvalue weighted by Crippen LogP contribution is 2.31. The van der Waals surface area contributed by atoms with Gasteiger partial charge in [0.1, 0.15) is 11.5 Å². The molecule has 2 amide bonds. The summed E-state index contributed by atoms with van der Waals surface area (Å²) in [4.78, 5) is 27.6. The molecule has 8 heteroatoms. The molecular formula is C24H31N3O5. The predicted molar refractivity (Wildman–Crippen MR) is 119 cm³/mol. The van der Waals surface area contributed by atoms with Crippen LogP contribution in [0.3, 0.4) is 0 Å². The fraction of sp³-hybridized carbons (Fsp3) is 0.542. The summed E-state index contributed by atoms with van der Waals surface area (Å²) in [7, 11) is 3.10. The number of aromatic nitrogens is 1. The van der Waals surface area contributed by atoms with Gasteiger partial charge in [-0.05, 0) is 25.7 Å². The van der Waals surface area contributed by atoms with Crippen LogP contribution in [-0.4, -0.2) is 49.2 Å². The summed E-state index contributed by atoms with van der Waals surface area (Å²) in [5, 5.41) is 6.95. The topological polar surface area (TPSA) is 93.9 Å². The van der Waals surface area contributed by atoms with Crippen molar-refractivity contribution in [2.24, 2.45) is 5.92 Å². The van der Waals surface area contributed by atoms with Crippen molar-refractivity contribution in [1.29, 1.82) is 0 Å². The van der Waals surface area contributed by atoms with Crippen molar-refractivity contribution in [2.75, 3.05) is 32.6 Å². The van der Waals surface area contributed by atoms with Gasteiger partial charge < -0.3 is 24.2 Å². The van der Waals surface area contributed by atoms with E-state index in [0.717, 1.165) is 50.8 Å². The van der Waals surface area contributed by atoms with Crippen LogP contribution < -0.4 is 14.8 Å². The number of nitrogens with zero attached hydrogens (tertiary/aromatic N) is 2. The minimum Gasteiger partial charge on any atom is -0.497 e. The Bertz CT molecular complexity index is 929. The highest BCUT2D eigenvalue weighted by molar-refractivity contribution is 6.02. The average Bonchev–Trinajstić information content (AvgIpc) is 3.34. The van der Waals surface area contributed by atoms with Crippen molar-refractivity contribution in [3.63, 3.8) is 0 Å². The quantitative estimate of drug-likeness (QED) is 0.721. The summed E-state index contributed by atoms with van der Waals surface area (Å²) in [5.41, 5.74) is 1.26. The van der Waals surface area contributed by atoms with Gasteiger partial charge in [-0.15, -0.1) is 0 Å². The molecule has 0 bridgehead atoms. The zero-order valence-corrected chi connectivity index (χ0v) is 18.8. The lowest BCUT2D eigenvalue weighted by molar-refractivity contribution is -0.137. The van der Waals surface area contributed by atoms with Crippen molar-refractivity contribution < 1.29 is 23.6 Å². The SMILES string of the molecule is COc1cc(NC(=O)c2cc([C@H]3CCCN(C(=O)C4CCCCC4)C3)no2)cc(OC)c1. The fourth-order valence-electron chi connectivity index (χ4n) is 4.69. The lowest BCUT2D eigenvalue weighted by Crippen LogP contribution is -2.42. The highest BCUT2D eigenvalue weighted by atomic mass is 16.5. The van der Waals surface area contributed by atoms with E-state index in [1.54, 1.807) is 38.5 Å². The number of benzene rings is 1. The molecule has 1 aliphatic carbocycles. The number of rotatable bonds is 6. The standard InChI is InChI=1S/C24H31N3O5/c1-30-19-11-18(12-20(13-19)31-2)25-23(28)22-14-21(26-32-22)17-9-6-10-27(15-17)24(29)16-7-4-3-5-8-16/h11-14,16-17H,3-10,15H2,1-2H3,(H,25,28)/t17-/m0/s1. The number of hydrogen-bond acceptors (Lipinski definition) is 6. The predicted octanol–water partition coefficient (Wildman–Crippen LogP) is 4.23. The van der Waals surface area contributed by atoms with Crippen LogP contribution >= 0.6 is 0 Å².